The third kappa shape index (κ3) is 3.85. The SMILES string of the molecule is COc1ccccc1CN[C@@H]1CN(S(=O)(=O)c2ccccc2)C[C@H]1O. The minimum Gasteiger partial charge on any atom is -0.496 e. The zero-order valence-electron chi connectivity index (χ0n) is 14.0. The lowest BCUT2D eigenvalue weighted by molar-refractivity contribution is 0.159. The molecule has 1 aliphatic heterocycles. The molecule has 0 bridgehead atoms. The first kappa shape index (κ1) is 17.9. The van der Waals surface area contributed by atoms with Crippen molar-refractivity contribution in [3.05, 3.63) is 60.2 Å². The maximum absolute atomic E-state index is 12.7. The molecule has 6 nitrogen and oxygen atoms in total. The van der Waals surface area contributed by atoms with Crippen LogP contribution in [-0.4, -0.2) is 50.2 Å². The molecular weight excluding hydrogens is 340 g/mol. The molecular formula is C18H22N2O4S. The van der Waals surface area contributed by atoms with Gasteiger partial charge in [0.1, 0.15) is 5.75 Å². The van der Waals surface area contributed by atoms with Gasteiger partial charge in [-0.1, -0.05) is 36.4 Å². The summed E-state index contributed by atoms with van der Waals surface area (Å²) in [5.74, 6) is 0.760. The van der Waals surface area contributed by atoms with Crippen molar-refractivity contribution >= 4 is 10.0 Å². The molecule has 0 radical (unpaired) electrons. The molecule has 25 heavy (non-hydrogen) atoms. The monoisotopic (exact) mass is 362 g/mol. The summed E-state index contributed by atoms with van der Waals surface area (Å²) in [7, 11) is -1.98. The van der Waals surface area contributed by atoms with Crippen LogP contribution < -0.4 is 10.1 Å². The predicted molar refractivity (Wildman–Crippen MR) is 94.8 cm³/mol. The molecule has 0 aliphatic carbocycles. The van der Waals surface area contributed by atoms with Gasteiger partial charge in [0.2, 0.25) is 10.0 Å². The molecule has 2 aromatic carbocycles. The van der Waals surface area contributed by atoms with Gasteiger partial charge in [0, 0.05) is 31.2 Å². The average Bonchev–Trinajstić information content (AvgIpc) is 3.02. The summed E-state index contributed by atoms with van der Waals surface area (Å²) in [6, 6.07) is 15.6. The van der Waals surface area contributed by atoms with Crippen LogP contribution in [0.25, 0.3) is 0 Å². The van der Waals surface area contributed by atoms with Crippen LogP contribution in [0.4, 0.5) is 0 Å². The molecule has 0 saturated carbocycles. The molecule has 2 aromatic rings. The first-order chi connectivity index (χ1) is 12.0. The second-order valence-corrected chi connectivity index (χ2v) is 7.94. The topological polar surface area (TPSA) is 78.9 Å². The van der Waals surface area contributed by atoms with Crippen LogP contribution in [0.15, 0.2) is 59.5 Å². The maximum Gasteiger partial charge on any atom is 0.243 e. The Hall–Kier alpha value is -1.93. The fourth-order valence-corrected chi connectivity index (χ4v) is 4.48. The number of methoxy groups -OCH3 is 1. The Kier molecular flexibility index (Phi) is 5.39. The smallest absolute Gasteiger partial charge is 0.243 e. The van der Waals surface area contributed by atoms with Crippen LogP contribution in [0.5, 0.6) is 5.75 Å². The number of sulfonamides is 1. The van der Waals surface area contributed by atoms with Gasteiger partial charge in [-0.05, 0) is 18.2 Å². The summed E-state index contributed by atoms with van der Waals surface area (Å²) in [4.78, 5) is 0.243. The molecule has 2 N–H and O–H groups in total. The molecule has 0 spiro atoms. The van der Waals surface area contributed by atoms with Crippen molar-refractivity contribution in [3.8, 4) is 5.75 Å². The maximum atomic E-state index is 12.7. The molecule has 1 fully saturated rings. The van der Waals surface area contributed by atoms with E-state index in [-0.39, 0.29) is 24.0 Å². The van der Waals surface area contributed by atoms with Crippen LogP contribution in [0, 0.1) is 0 Å². The van der Waals surface area contributed by atoms with E-state index in [0.29, 0.717) is 6.54 Å². The molecule has 1 saturated heterocycles. The second kappa shape index (κ2) is 7.53. The van der Waals surface area contributed by atoms with Gasteiger partial charge in [0.15, 0.2) is 0 Å². The zero-order valence-corrected chi connectivity index (χ0v) is 14.8. The van der Waals surface area contributed by atoms with E-state index in [1.165, 1.54) is 4.31 Å². The van der Waals surface area contributed by atoms with Gasteiger partial charge in [-0.2, -0.15) is 4.31 Å². The van der Waals surface area contributed by atoms with Crippen molar-refractivity contribution in [1.82, 2.24) is 9.62 Å². The van der Waals surface area contributed by atoms with E-state index in [0.717, 1.165) is 11.3 Å². The molecule has 1 heterocycles. The Morgan fingerprint density at radius 1 is 1.12 bits per heavy atom. The number of hydrogen-bond acceptors (Lipinski definition) is 5. The molecule has 0 unspecified atom stereocenters. The molecule has 3 rings (SSSR count). The van der Waals surface area contributed by atoms with Crippen LogP contribution in [0.3, 0.4) is 0 Å². The average molecular weight is 362 g/mol. The zero-order chi connectivity index (χ0) is 17.9. The number of ether oxygens (including phenoxy) is 1. The van der Waals surface area contributed by atoms with Crippen LogP contribution in [0.2, 0.25) is 0 Å². The van der Waals surface area contributed by atoms with Crippen molar-refractivity contribution < 1.29 is 18.3 Å². The van der Waals surface area contributed by atoms with Crippen molar-refractivity contribution in [2.24, 2.45) is 0 Å². The predicted octanol–water partition coefficient (Wildman–Crippen LogP) is 1.22. The number of aliphatic hydroxyl groups is 1. The molecule has 1 aliphatic rings. The Bertz CT molecular complexity index is 811. The lowest BCUT2D eigenvalue weighted by Gasteiger charge is -2.18. The van der Waals surface area contributed by atoms with Crippen molar-refractivity contribution in [2.45, 2.75) is 23.6 Å². The van der Waals surface area contributed by atoms with E-state index in [9.17, 15) is 13.5 Å². The highest BCUT2D eigenvalue weighted by Gasteiger charge is 2.38. The van der Waals surface area contributed by atoms with Crippen LogP contribution >= 0.6 is 0 Å². The van der Waals surface area contributed by atoms with Gasteiger partial charge < -0.3 is 15.2 Å². The third-order valence-electron chi connectivity index (χ3n) is 4.38. The number of nitrogens with one attached hydrogen (secondary N) is 1. The van der Waals surface area contributed by atoms with Crippen molar-refractivity contribution in [1.29, 1.82) is 0 Å². The van der Waals surface area contributed by atoms with E-state index in [1.54, 1.807) is 37.4 Å². The van der Waals surface area contributed by atoms with Crippen LogP contribution in [0.1, 0.15) is 5.56 Å². The van der Waals surface area contributed by atoms with Gasteiger partial charge in [-0.25, -0.2) is 8.42 Å². The number of para-hydroxylation sites is 1. The highest BCUT2D eigenvalue weighted by atomic mass is 32.2. The second-order valence-electron chi connectivity index (χ2n) is 6.00. The minimum atomic E-state index is -3.59. The number of nitrogens with zero attached hydrogens (tertiary/aromatic N) is 1. The molecule has 0 aromatic heterocycles. The van der Waals surface area contributed by atoms with Gasteiger partial charge in [0.25, 0.3) is 0 Å². The summed E-state index contributed by atoms with van der Waals surface area (Å²) in [6.07, 6.45) is -0.756. The Balaban J connectivity index is 1.68. The molecule has 134 valence electrons. The summed E-state index contributed by atoms with van der Waals surface area (Å²) in [5.41, 5.74) is 0.960. The number of benzene rings is 2. The van der Waals surface area contributed by atoms with E-state index >= 15 is 0 Å². The first-order valence-corrected chi connectivity index (χ1v) is 9.55. The Labute approximate surface area is 148 Å². The van der Waals surface area contributed by atoms with Gasteiger partial charge >= 0.3 is 0 Å². The summed E-state index contributed by atoms with van der Waals surface area (Å²) >= 11 is 0. The van der Waals surface area contributed by atoms with E-state index in [1.807, 2.05) is 24.3 Å². The van der Waals surface area contributed by atoms with Gasteiger partial charge in [-0.3, -0.25) is 0 Å². The van der Waals surface area contributed by atoms with E-state index in [2.05, 4.69) is 5.32 Å². The summed E-state index contributed by atoms with van der Waals surface area (Å²) in [5, 5.41) is 13.5. The lowest BCUT2D eigenvalue weighted by atomic mass is 10.1. The standard InChI is InChI=1S/C18H22N2O4S/c1-24-18-10-6-5-7-14(18)11-19-16-12-20(13-17(16)21)25(22,23)15-8-3-2-4-9-15/h2-10,16-17,19,21H,11-13H2,1H3/t16-,17-/m1/s1. The highest BCUT2D eigenvalue weighted by molar-refractivity contribution is 7.89. The number of hydrogen-bond donors (Lipinski definition) is 2. The highest BCUT2D eigenvalue weighted by Crippen LogP contribution is 2.22. The summed E-state index contributed by atoms with van der Waals surface area (Å²) in [6.45, 7) is 0.805. The molecule has 2 atom stereocenters. The largest absolute Gasteiger partial charge is 0.496 e. The van der Waals surface area contributed by atoms with Crippen molar-refractivity contribution in [2.75, 3.05) is 20.2 Å². The van der Waals surface area contributed by atoms with E-state index < -0.39 is 16.1 Å². The Morgan fingerprint density at radius 2 is 1.80 bits per heavy atom. The van der Waals surface area contributed by atoms with E-state index in [4.69, 9.17) is 4.74 Å². The van der Waals surface area contributed by atoms with Gasteiger partial charge in [0.05, 0.1) is 18.1 Å². The molecule has 7 heteroatoms. The fourth-order valence-electron chi connectivity index (χ4n) is 2.98. The normalized spacial score (nSPS) is 21.4. The van der Waals surface area contributed by atoms with Crippen LogP contribution in [-0.2, 0) is 16.6 Å². The van der Waals surface area contributed by atoms with Gasteiger partial charge in [-0.15, -0.1) is 0 Å². The molecule has 0 amide bonds. The number of aliphatic hydroxyl groups excluding tert-OH is 1. The Morgan fingerprint density at radius 3 is 2.52 bits per heavy atom. The first-order valence-electron chi connectivity index (χ1n) is 8.11. The quantitative estimate of drug-likeness (QED) is 0.808. The fraction of sp³-hybridized carbons (Fsp3) is 0.333. The summed E-state index contributed by atoms with van der Waals surface area (Å²) < 4.78 is 32.0. The number of rotatable bonds is 6. The third-order valence-corrected chi connectivity index (χ3v) is 6.23. The number of β-amino-alcohol motifs (C(OH)–C–C–N with tert-alkyl or cyclic N) is 1. The lowest BCUT2D eigenvalue weighted by Crippen LogP contribution is -2.39. The van der Waals surface area contributed by atoms with Crippen molar-refractivity contribution in [3.63, 3.8) is 0 Å². The minimum absolute atomic E-state index is 0.0841.